The highest BCUT2D eigenvalue weighted by molar-refractivity contribution is 5.86. The molecule has 3 aromatic rings. The summed E-state index contributed by atoms with van der Waals surface area (Å²) in [6, 6.07) is 19.6. The van der Waals surface area contributed by atoms with Crippen LogP contribution in [0.4, 0.5) is 0 Å². The van der Waals surface area contributed by atoms with Crippen molar-refractivity contribution in [3.63, 3.8) is 0 Å². The molecule has 0 atom stereocenters. The summed E-state index contributed by atoms with van der Waals surface area (Å²) in [6.07, 6.45) is 8.72. The molecule has 7 nitrogen and oxygen atoms in total. The number of unbranched alkanes of at least 4 members (excludes halogenated alkanes) is 2. The Morgan fingerprint density at radius 3 is 1.96 bits per heavy atom. The van der Waals surface area contributed by atoms with Crippen molar-refractivity contribution in [1.29, 1.82) is 0 Å². The lowest BCUT2D eigenvalue weighted by molar-refractivity contribution is -0.148. The van der Waals surface area contributed by atoms with E-state index in [0.29, 0.717) is 29.9 Å². The minimum absolute atomic E-state index is 0.0325. The Balaban J connectivity index is 1.88. The van der Waals surface area contributed by atoms with Crippen molar-refractivity contribution in [2.75, 3.05) is 33.0 Å². The minimum atomic E-state index is -0.457. The second-order valence-electron chi connectivity index (χ2n) is 12.8. The number of ether oxygens (including phenoxy) is 4. The second-order valence-corrected chi connectivity index (χ2v) is 12.8. The predicted octanol–water partition coefficient (Wildman–Crippen LogP) is 8.43. The van der Waals surface area contributed by atoms with Crippen molar-refractivity contribution in [3.05, 3.63) is 94.6 Å². The van der Waals surface area contributed by atoms with Crippen LogP contribution in [0.2, 0.25) is 0 Å². The van der Waals surface area contributed by atoms with E-state index in [4.69, 9.17) is 18.9 Å². The fourth-order valence-electron chi connectivity index (χ4n) is 5.50. The molecule has 3 aromatic carbocycles. The molecule has 0 fully saturated rings. The lowest BCUT2D eigenvalue weighted by Gasteiger charge is -2.20. The smallest absolute Gasteiger partial charge is 0.333 e. The summed E-state index contributed by atoms with van der Waals surface area (Å²) >= 11 is 0. The van der Waals surface area contributed by atoms with Crippen LogP contribution in [-0.2, 0) is 51.2 Å². The molecule has 0 amide bonds. The third-order valence-corrected chi connectivity index (χ3v) is 8.38. The summed E-state index contributed by atoms with van der Waals surface area (Å²) in [4.78, 5) is 23.9. The molecule has 0 saturated carbocycles. The molecule has 49 heavy (non-hydrogen) atoms. The van der Waals surface area contributed by atoms with Gasteiger partial charge in [0.1, 0.15) is 37.9 Å². The highest BCUT2D eigenvalue weighted by Crippen LogP contribution is 2.39. The maximum Gasteiger partial charge on any atom is 0.333 e. The fourth-order valence-corrected chi connectivity index (χ4v) is 5.50. The zero-order valence-electron chi connectivity index (χ0n) is 30.3. The highest BCUT2D eigenvalue weighted by atomic mass is 16.6. The van der Waals surface area contributed by atoms with E-state index in [2.05, 4.69) is 62.9 Å². The van der Waals surface area contributed by atoms with Crippen molar-refractivity contribution >= 4 is 11.9 Å². The van der Waals surface area contributed by atoms with Gasteiger partial charge in [-0.3, -0.25) is 4.79 Å². The Labute approximate surface area is 293 Å². The molecule has 3 rings (SSSR count). The van der Waals surface area contributed by atoms with E-state index in [-0.39, 0.29) is 44.9 Å². The zero-order chi connectivity index (χ0) is 35.6. The van der Waals surface area contributed by atoms with Gasteiger partial charge in [-0.15, -0.1) is 0 Å². The average molecular weight is 673 g/mol. The average Bonchev–Trinajstić information content (AvgIpc) is 3.10. The van der Waals surface area contributed by atoms with Gasteiger partial charge in [-0.05, 0) is 97.4 Å². The molecule has 0 unspecified atom stereocenters. The Hall–Kier alpha value is -4.10. The van der Waals surface area contributed by atoms with Crippen molar-refractivity contribution in [2.24, 2.45) is 5.92 Å². The Morgan fingerprint density at radius 1 is 0.694 bits per heavy atom. The number of esters is 2. The SMILES string of the molecule is C=C(C)C(=O)OCCOc1cc(CCCO)c(OCCOC(=O)C(C)C)cc1-c1ccc(CCc2ccc(CCCCC)cc2)cc1CC. The molecule has 0 spiro atoms. The first-order valence-corrected chi connectivity index (χ1v) is 17.9. The molecule has 0 heterocycles. The van der Waals surface area contributed by atoms with E-state index in [1.807, 2.05) is 12.1 Å². The lowest BCUT2D eigenvalue weighted by atomic mass is 9.92. The van der Waals surface area contributed by atoms with Gasteiger partial charge in [0.05, 0.1) is 5.92 Å². The van der Waals surface area contributed by atoms with E-state index < -0.39 is 5.97 Å². The third-order valence-electron chi connectivity index (χ3n) is 8.38. The molecule has 0 bridgehead atoms. The van der Waals surface area contributed by atoms with Crippen LogP contribution in [0.15, 0.2) is 66.7 Å². The van der Waals surface area contributed by atoms with Crippen molar-refractivity contribution in [1.82, 2.24) is 0 Å². The summed E-state index contributed by atoms with van der Waals surface area (Å²) in [7, 11) is 0. The monoisotopic (exact) mass is 672 g/mol. The van der Waals surface area contributed by atoms with Gasteiger partial charge in [0.15, 0.2) is 0 Å². The number of aliphatic hydroxyl groups excluding tert-OH is 1. The Kier molecular flexibility index (Phi) is 16.9. The van der Waals surface area contributed by atoms with Crippen molar-refractivity contribution in [3.8, 4) is 22.6 Å². The number of carbonyl (C=O) groups is 2. The van der Waals surface area contributed by atoms with Crippen molar-refractivity contribution in [2.45, 2.75) is 92.4 Å². The number of benzene rings is 3. The minimum Gasteiger partial charge on any atom is -0.490 e. The van der Waals surface area contributed by atoms with Crippen LogP contribution in [-0.4, -0.2) is 50.1 Å². The zero-order valence-corrected chi connectivity index (χ0v) is 30.3. The molecular weight excluding hydrogens is 616 g/mol. The second kappa shape index (κ2) is 21.1. The standard InChI is InChI=1S/C42H56O7/c1-7-9-10-12-32-14-16-33(17-15-32)18-19-34-20-21-37(35(8-2)27-34)38-29-39(46-23-25-48-41(44)30(3)4)36(13-11-22-43)28-40(38)47-24-26-49-42(45)31(5)6/h14-17,20-21,27-30,43H,5,7-13,18-19,22-26H2,1-4,6H3. The van der Waals surface area contributed by atoms with Gasteiger partial charge in [0.25, 0.3) is 0 Å². The van der Waals surface area contributed by atoms with Gasteiger partial charge in [0, 0.05) is 17.7 Å². The van der Waals surface area contributed by atoms with Gasteiger partial charge >= 0.3 is 11.9 Å². The molecule has 0 aliphatic carbocycles. The van der Waals surface area contributed by atoms with Crippen LogP contribution >= 0.6 is 0 Å². The van der Waals surface area contributed by atoms with Crippen LogP contribution in [0.3, 0.4) is 0 Å². The van der Waals surface area contributed by atoms with Gasteiger partial charge in [-0.1, -0.05) is 89.6 Å². The first kappa shape index (κ1) is 39.3. The molecule has 0 saturated heterocycles. The van der Waals surface area contributed by atoms with Crippen LogP contribution in [0.1, 0.15) is 88.1 Å². The largest absolute Gasteiger partial charge is 0.490 e. The summed E-state index contributed by atoms with van der Waals surface area (Å²) in [5.41, 5.74) is 8.28. The summed E-state index contributed by atoms with van der Waals surface area (Å²) in [5.74, 6) is 0.344. The molecule has 0 radical (unpaired) electrons. The molecule has 7 heteroatoms. The Morgan fingerprint density at radius 2 is 1.33 bits per heavy atom. The summed E-state index contributed by atoms with van der Waals surface area (Å²) in [5, 5.41) is 9.60. The topological polar surface area (TPSA) is 91.3 Å². The molecule has 1 N–H and O–H groups in total. The molecular formula is C42H56O7. The number of hydrogen-bond acceptors (Lipinski definition) is 7. The molecule has 266 valence electrons. The Bertz CT molecular complexity index is 1490. The highest BCUT2D eigenvalue weighted by Gasteiger charge is 2.18. The number of aryl methyl sites for hydroxylation is 5. The van der Waals surface area contributed by atoms with Crippen LogP contribution < -0.4 is 9.47 Å². The number of hydrogen-bond donors (Lipinski definition) is 1. The summed E-state index contributed by atoms with van der Waals surface area (Å²) in [6.45, 7) is 13.8. The number of rotatable bonds is 22. The van der Waals surface area contributed by atoms with Crippen LogP contribution in [0, 0.1) is 5.92 Å². The maximum absolute atomic E-state index is 12.0. The predicted molar refractivity (Wildman–Crippen MR) is 196 cm³/mol. The quantitative estimate of drug-likeness (QED) is 0.0651. The van der Waals surface area contributed by atoms with Crippen LogP contribution in [0.5, 0.6) is 11.5 Å². The first-order chi connectivity index (χ1) is 23.7. The van der Waals surface area contributed by atoms with Gasteiger partial charge in [0.2, 0.25) is 0 Å². The van der Waals surface area contributed by atoms with E-state index in [0.717, 1.165) is 42.4 Å². The normalized spacial score (nSPS) is 11.0. The number of carbonyl (C=O) groups excluding carboxylic acids is 2. The third kappa shape index (κ3) is 13.0. The van der Waals surface area contributed by atoms with E-state index in [1.54, 1.807) is 20.8 Å². The van der Waals surface area contributed by atoms with E-state index in [9.17, 15) is 14.7 Å². The molecule has 0 aliphatic heterocycles. The lowest BCUT2D eigenvalue weighted by Crippen LogP contribution is -2.16. The maximum atomic E-state index is 12.0. The molecule has 0 aliphatic rings. The molecule has 0 aromatic heterocycles. The van der Waals surface area contributed by atoms with Gasteiger partial charge in [-0.25, -0.2) is 4.79 Å². The van der Waals surface area contributed by atoms with Gasteiger partial charge < -0.3 is 24.1 Å². The number of aliphatic hydroxyl groups is 1. The van der Waals surface area contributed by atoms with Gasteiger partial charge in [-0.2, -0.15) is 0 Å². The first-order valence-electron chi connectivity index (χ1n) is 17.9. The fraction of sp³-hybridized carbons (Fsp3) is 0.476. The van der Waals surface area contributed by atoms with E-state index >= 15 is 0 Å². The van der Waals surface area contributed by atoms with Crippen LogP contribution in [0.25, 0.3) is 11.1 Å². The summed E-state index contributed by atoms with van der Waals surface area (Å²) < 4.78 is 23.1. The van der Waals surface area contributed by atoms with E-state index in [1.165, 1.54) is 41.5 Å². The van der Waals surface area contributed by atoms with Crippen molar-refractivity contribution < 1.29 is 33.6 Å².